The van der Waals surface area contributed by atoms with Gasteiger partial charge in [0, 0.05) is 22.3 Å². The molecule has 1 saturated heterocycles. The molecule has 1 amide bonds. The van der Waals surface area contributed by atoms with E-state index in [1.807, 2.05) is 6.07 Å². The van der Waals surface area contributed by atoms with Crippen molar-refractivity contribution in [1.29, 1.82) is 0 Å². The van der Waals surface area contributed by atoms with Gasteiger partial charge in [-0.3, -0.25) is 14.5 Å². The summed E-state index contributed by atoms with van der Waals surface area (Å²) in [5, 5.41) is 11.5. The number of aliphatic hydroxyl groups excluding tert-OH is 1. The summed E-state index contributed by atoms with van der Waals surface area (Å²) in [6.45, 7) is 0. The minimum atomic E-state index is -0.811. The van der Waals surface area contributed by atoms with Gasteiger partial charge in [-0.05, 0) is 29.8 Å². The first-order chi connectivity index (χ1) is 14.5. The molecule has 0 radical (unpaired) electrons. The third-order valence-corrected chi connectivity index (χ3v) is 5.26. The lowest BCUT2D eigenvalue weighted by Gasteiger charge is -2.25. The van der Waals surface area contributed by atoms with Gasteiger partial charge < -0.3 is 9.84 Å². The fraction of sp³-hybridized carbons (Fsp3) is 0.0833. The maximum absolute atomic E-state index is 13.1. The predicted molar refractivity (Wildman–Crippen MR) is 116 cm³/mol. The number of ether oxygens (including phenoxy) is 1. The Hall–Kier alpha value is -3.57. The van der Waals surface area contributed by atoms with Crippen molar-refractivity contribution in [2.45, 2.75) is 6.04 Å². The van der Waals surface area contributed by atoms with Crippen molar-refractivity contribution in [1.82, 2.24) is 0 Å². The third-order valence-electron chi connectivity index (χ3n) is 5.01. The second-order valence-electron chi connectivity index (χ2n) is 6.79. The van der Waals surface area contributed by atoms with E-state index in [2.05, 4.69) is 0 Å². The van der Waals surface area contributed by atoms with Crippen LogP contribution in [0.1, 0.15) is 17.2 Å². The van der Waals surface area contributed by atoms with E-state index in [9.17, 15) is 14.7 Å². The highest BCUT2D eigenvalue weighted by Gasteiger charge is 2.47. The highest BCUT2D eigenvalue weighted by molar-refractivity contribution is 6.51. The van der Waals surface area contributed by atoms with E-state index in [0.717, 1.165) is 0 Å². The molecule has 0 aliphatic carbocycles. The first kappa shape index (κ1) is 19.7. The summed E-state index contributed by atoms with van der Waals surface area (Å²) in [6.07, 6.45) is 0. The smallest absolute Gasteiger partial charge is 0.300 e. The number of hydrogen-bond acceptors (Lipinski definition) is 4. The molecular formula is C24H18ClNO4. The lowest BCUT2D eigenvalue weighted by atomic mass is 9.95. The number of nitrogens with zero attached hydrogens (tertiary/aromatic N) is 1. The monoisotopic (exact) mass is 419 g/mol. The highest BCUT2D eigenvalue weighted by atomic mass is 35.5. The lowest BCUT2D eigenvalue weighted by molar-refractivity contribution is -0.132. The van der Waals surface area contributed by atoms with Crippen LogP contribution in [-0.2, 0) is 9.59 Å². The third kappa shape index (κ3) is 3.44. The van der Waals surface area contributed by atoms with Crippen LogP contribution in [0.4, 0.5) is 5.69 Å². The fourth-order valence-electron chi connectivity index (χ4n) is 3.57. The van der Waals surface area contributed by atoms with Gasteiger partial charge in [0.1, 0.15) is 11.5 Å². The molecule has 150 valence electrons. The summed E-state index contributed by atoms with van der Waals surface area (Å²) in [7, 11) is 1.53. The quantitative estimate of drug-likeness (QED) is 0.368. The Morgan fingerprint density at radius 3 is 2.33 bits per heavy atom. The van der Waals surface area contributed by atoms with Crippen LogP contribution in [0, 0.1) is 0 Å². The maximum atomic E-state index is 13.1. The molecule has 1 aliphatic heterocycles. The van der Waals surface area contributed by atoms with Crippen molar-refractivity contribution in [3.05, 3.63) is 101 Å². The molecule has 1 N–H and O–H groups in total. The van der Waals surface area contributed by atoms with Gasteiger partial charge in [-0.15, -0.1) is 0 Å². The molecule has 1 aliphatic rings. The van der Waals surface area contributed by atoms with Crippen LogP contribution in [-0.4, -0.2) is 23.9 Å². The summed E-state index contributed by atoms with van der Waals surface area (Å²) in [4.78, 5) is 27.5. The topological polar surface area (TPSA) is 66.8 Å². The van der Waals surface area contributed by atoms with Gasteiger partial charge in [0.15, 0.2) is 0 Å². The molecule has 1 fully saturated rings. The van der Waals surface area contributed by atoms with Gasteiger partial charge in [-0.2, -0.15) is 0 Å². The Bertz CT molecular complexity index is 1140. The van der Waals surface area contributed by atoms with Crippen LogP contribution in [0.15, 0.2) is 84.4 Å². The number of hydrogen-bond donors (Lipinski definition) is 1. The van der Waals surface area contributed by atoms with E-state index < -0.39 is 17.7 Å². The molecule has 1 heterocycles. The zero-order valence-electron chi connectivity index (χ0n) is 16.1. The molecule has 3 aromatic rings. The van der Waals surface area contributed by atoms with Gasteiger partial charge in [0.2, 0.25) is 0 Å². The van der Waals surface area contributed by atoms with Crippen LogP contribution in [0.2, 0.25) is 5.02 Å². The molecule has 30 heavy (non-hydrogen) atoms. The van der Waals surface area contributed by atoms with Crippen LogP contribution in [0.5, 0.6) is 5.75 Å². The van der Waals surface area contributed by atoms with Crippen molar-refractivity contribution in [3.63, 3.8) is 0 Å². The summed E-state index contributed by atoms with van der Waals surface area (Å²) >= 11 is 6.04. The van der Waals surface area contributed by atoms with Gasteiger partial charge in [-0.1, -0.05) is 60.1 Å². The molecule has 0 bridgehead atoms. The molecule has 0 unspecified atom stereocenters. The second kappa shape index (κ2) is 8.05. The van der Waals surface area contributed by atoms with E-state index in [-0.39, 0.29) is 11.3 Å². The zero-order chi connectivity index (χ0) is 21.3. The number of amides is 1. The van der Waals surface area contributed by atoms with Gasteiger partial charge in [0.25, 0.3) is 11.7 Å². The Morgan fingerprint density at radius 1 is 0.967 bits per heavy atom. The summed E-state index contributed by atoms with van der Waals surface area (Å²) in [5.74, 6) is -1.15. The Morgan fingerprint density at radius 2 is 1.67 bits per heavy atom. The van der Waals surface area contributed by atoms with Gasteiger partial charge >= 0.3 is 0 Å². The van der Waals surface area contributed by atoms with Gasteiger partial charge in [0.05, 0.1) is 18.7 Å². The van der Waals surface area contributed by atoms with Crippen LogP contribution in [0.3, 0.4) is 0 Å². The summed E-state index contributed by atoms with van der Waals surface area (Å²) in [6, 6.07) is 21.6. The first-order valence-corrected chi connectivity index (χ1v) is 9.65. The molecule has 5 nitrogen and oxygen atoms in total. The molecule has 0 saturated carbocycles. The number of Topliss-reactive ketones (excluding diaryl/α,β-unsaturated/α-hetero) is 1. The van der Waals surface area contributed by atoms with Crippen LogP contribution in [0.25, 0.3) is 5.76 Å². The molecule has 1 atom stereocenters. The van der Waals surface area contributed by atoms with E-state index in [1.165, 1.54) is 12.0 Å². The Balaban J connectivity index is 1.94. The average Bonchev–Trinajstić information content (AvgIpc) is 3.05. The number of halogens is 1. The van der Waals surface area contributed by atoms with Crippen molar-refractivity contribution >= 4 is 34.7 Å². The predicted octanol–water partition coefficient (Wildman–Crippen LogP) is 4.97. The standard InChI is InChI=1S/C24H18ClNO4/c1-30-19-9-5-8-18(14-19)26-21(15-10-12-17(25)13-11-15)20(23(28)24(26)29)22(27)16-6-3-2-4-7-16/h2-14,21,27H,1H3/b22-20+/t21-/m1/s1. The molecule has 3 aromatic carbocycles. The number of aliphatic hydroxyl groups is 1. The summed E-state index contributed by atoms with van der Waals surface area (Å²) < 4.78 is 5.28. The van der Waals surface area contributed by atoms with Crippen molar-refractivity contribution in [3.8, 4) is 5.75 Å². The first-order valence-electron chi connectivity index (χ1n) is 9.27. The fourth-order valence-corrected chi connectivity index (χ4v) is 3.70. The van der Waals surface area contributed by atoms with E-state index in [4.69, 9.17) is 16.3 Å². The number of rotatable bonds is 4. The van der Waals surface area contributed by atoms with Crippen molar-refractivity contribution in [2.24, 2.45) is 0 Å². The molecular weight excluding hydrogens is 402 g/mol. The van der Waals surface area contributed by atoms with E-state index >= 15 is 0 Å². The van der Waals surface area contributed by atoms with Crippen LogP contribution >= 0.6 is 11.6 Å². The molecule has 6 heteroatoms. The number of carbonyl (C=O) groups is 2. The van der Waals surface area contributed by atoms with Crippen molar-refractivity contribution < 1.29 is 19.4 Å². The normalized spacial score (nSPS) is 17.9. The van der Waals surface area contributed by atoms with E-state index in [1.54, 1.807) is 72.8 Å². The Labute approximate surface area is 178 Å². The average molecular weight is 420 g/mol. The van der Waals surface area contributed by atoms with Crippen molar-refractivity contribution in [2.75, 3.05) is 12.0 Å². The number of methoxy groups -OCH3 is 1. The largest absolute Gasteiger partial charge is 0.507 e. The molecule has 0 spiro atoms. The molecule has 4 rings (SSSR count). The summed E-state index contributed by atoms with van der Waals surface area (Å²) in [5.41, 5.74) is 1.62. The highest BCUT2D eigenvalue weighted by Crippen LogP contribution is 2.42. The SMILES string of the molecule is COc1cccc(N2C(=O)C(=O)/C(=C(/O)c3ccccc3)[C@H]2c2ccc(Cl)cc2)c1. The minimum Gasteiger partial charge on any atom is -0.507 e. The molecule has 0 aromatic heterocycles. The second-order valence-corrected chi connectivity index (χ2v) is 7.22. The number of benzene rings is 3. The van der Waals surface area contributed by atoms with Gasteiger partial charge in [-0.25, -0.2) is 0 Å². The van der Waals surface area contributed by atoms with E-state index in [0.29, 0.717) is 27.6 Å². The minimum absolute atomic E-state index is 0.0244. The number of anilines is 1. The van der Waals surface area contributed by atoms with Crippen LogP contribution < -0.4 is 9.64 Å². The number of ketones is 1. The lowest BCUT2D eigenvalue weighted by Crippen LogP contribution is -2.29. The number of carbonyl (C=O) groups excluding carboxylic acids is 2. The Kier molecular flexibility index (Phi) is 5.29. The zero-order valence-corrected chi connectivity index (χ0v) is 16.8. The maximum Gasteiger partial charge on any atom is 0.300 e.